The highest BCUT2D eigenvalue weighted by Crippen LogP contribution is 2.21. The molecular formula is C18H20BrN3O5S. The Kier molecular flexibility index (Phi) is 8.12. The maximum Gasteiger partial charge on any atom is 0.270 e. The Morgan fingerprint density at radius 3 is 2.46 bits per heavy atom. The second-order valence-electron chi connectivity index (χ2n) is 5.70. The van der Waals surface area contributed by atoms with Gasteiger partial charge in [0.1, 0.15) is 0 Å². The Bertz CT molecular complexity index is 935. The van der Waals surface area contributed by atoms with E-state index in [-0.39, 0.29) is 30.0 Å². The van der Waals surface area contributed by atoms with Crippen molar-refractivity contribution in [2.75, 3.05) is 20.3 Å². The largest absolute Gasteiger partial charge is 0.383 e. The van der Waals surface area contributed by atoms with E-state index in [9.17, 15) is 18.0 Å². The number of hydrogen-bond donors (Lipinski definition) is 3. The minimum absolute atomic E-state index is 0.0645. The molecule has 150 valence electrons. The normalized spacial score (nSPS) is 11.1. The van der Waals surface area contributed by atoms with Crippen molar-refractivity contribution in [2.45, 2.75) is 11.3 Å². The van der Waals surface area contributed by atoms with Gasteiger partial charge in [-0.1, -0.05) is 30.3 Å². The maximum absolute atomic E-state index is 12.4. The van der Waals surface area contributed by atoms with E-state index in [4.69, 9.17) is 4.74 Å². The van der Waals surface area contributed by atoms with Gasteiger partial charge in [0.2, 0.25) is 15.9 Å². The molecule has 2 aromatic rings. The van der Waals surface area contributed by atoms with Gasteiger partial charge in [-0.3, -0.25) is 20.4 Å². The first-order chi connectivity index (χ1) is 13.3. The molecule has 0 fully saturated rings. The Balaban J connectivity index is 2.03. The van der Waals surface area contributed by atoms with Crippen LogP contribution in [-0.4, -0.2) is 40.5 Å². The van der Waals surface area contributed by atoms with Crippen molar-refractivity contribution in [3.8, 4) is 0 Å². The molecule has 2 aromatic carbocycles. The summed E-state index contributed by atoms with van der Waals surface area (Å²) in [6.45, 7) is 0.322. The Labute approximate surface area is 171 Å². The molecule has 0 atom stereocenters. The van der Waals surface area contributed by atoms with Crippen molar-refractivity contribution >= 4 is 37.8 Å². The Hall–Kier alpha value is -2.27. The van der Waals surface area contributed by atoms with Gasteiger partial charge in [-0.25, -0.2) is 13.1 Å². The number of carbonyl (C=O) groups is 2. The first-order valence-electron chi connectivity index (χ1n) is 8.25. The van der Waals surface area contributed by atoms with E-state index in [0.29, 0.717) is 4.47 Å². The van der Waals surface area contributed by atoms with Crippen molar-refractivity contribution in [1.82, 2.24) is 15.6 Å². The minimum atomic E-state index is -3.80. The van der Waals surface area contributed by atoms with Crippen molar-refractivity contribution in [1.29, 1.82) is 0 Å². The first-order valence-corrected chi connectivity index (χ1v) is 10.5. The quantitative estimate of drug-likeness (QED) is 0.399. The van der Waals surface area contributed by atoms with Gasteiger partial charge in [0.05, 0.1) is 23.5 Å². The minimum Gasteiger partial charge on any atom is -0.383 e. The molecule has 0 heterocycles. The number of methoxy groups -OCH3 is 1. The number of benzene rings is 2. The van der Waals surface area contributed by atoms with Gasteiger partial charge in [0, 0.05) is 18.1 Å². The number of hydrazine groups is 1. The van der Waals surface area contributed by atoms with Gasteiger partial charge in [-0.05, 0) is 39.7 Å². The molecule has 3 N–H and O–H groups in total. The summed E-state index contributed by atoms with van der Waals surface area (Å²) in [6.07, 6.45) is 0.0973. The van der Waals surface area contributed by atoms with Crippen LogP contribution in [0, 0.1) is 0 Å². The first kappa shape index (κ1) is 22.0. The molecule has 8 nitrogen and oxygen atoms in total. The summed E-state index contributed by atoms with van der Waals surface area (Å²) in [5, 5.41) is 0. The van der Waals surface area contributed by atoms with Crippen LogP contribution in [0.1, 0.15) is 15.9 Å². The molecule has 0 unspecified atom stereocenters. The molecule has 0 radical (unpaired) electrons. The summed E-state index contributed by atoms with van der Waals surface area (Å²) < 4.78 is 32.1. The van der Waals surface area contributed by atoms with Gasteiger partial charge < -0.3 is 4.74 Å². The third-order valence-electron chi connectivity index (χ3n) is 3.61. The van der Waals surface area contributed by atoms with Crippen molar-refractivity contribution < 1.29 is 22.7 Å². The molecule has 28 heavy (non-hydrogen) atoms. The zero-order valence-corrected chi connectivity index (χ0v) is 17.5. The number of ether oxygens (including phenoxy) is 1. The van der Waals surface area contributed by atoms with Crippen molar-refractivity contribution in [3.63, 3.8) is 0 Å². The van der Waals surface area contributed by atoms with Crippen molar-refractivity contribution in [3.05, 3.63) is 64.1 Å². The van der Waals surface area contributed by atoms with E-state index in [1.54, 1.807) is 12.1 Å². The average molecular weight is 470 g/mol. The summed E-state index contributed by atoms with van der Waals surface area (Å²) in [4.78, 5) is 24.2. The lowest BCUT2D eigenvalue weighted by Gasteiger charge is -2.11. The monoisotopic (exact) mass is 469 g/mol. The van der Waals surface area contributed by atoms with Crippen LogP contribution in [0.5, 0.6) is 0 Å². The SMILES string of the molecule is COCCNS(=O)(=O)c1ccc(Br)c(C(=O)NNC(=O)Cc2ccccc2)c1. The smallest absolute Gasteiger partial charge is 0.270 e. The van der Waals surface area contributed by atoms with Crippen LogP contribution in [0.2, 0.25) is 0 Å². The van der Waals surface area contributed by atoms with Crippen LogP contribution in [0.15, 0.2) is 57.9 Å². The summed E-state index contributed by atoms with van der Waals surface area (Å²) >= 11 is 3.21. The molecule has 0 aromatic heterocycles. The number of hydrogen-bond acceptors (Lipinski definition) is 5. The third kappa shape index (κ3) is 6.41. The topological polar surface area (TPSA) is 114 Å². The van der Waals surface area contributed by atoms with Gasteiger partial charge in [0.15, 0.2) is 0 Å². The molecule has 0 aliphatic heterocycles. The van der Waals surface area contributed by atoms with E-state index in [2.05, 4.69) is 31.5 Å². The second kappa shape index (κ2) is 10.3. The number of halogens is 1. The van der Waals surface area contributed by atoms with Crippen LogP contribution in [0.4, 0.5) is 0 Å². The molecule has 0 spiro atoms. The number of rotatable bonds is 8. The molecule has 0 bridgehead atoms. The highest BCUT2D eigenvalue weighted by atomic mass is 79.9. The number of amides is 2. The molecule has 0 saturated carbocycles. The van der Waals surface area contributed by atoms with Gasteiger partial charge in [-0.15, -0.1) is 0 Å². The van der Waals surface area contributed by atoms with Gasteiger partial charge >= 0.3 is 0 Å². The van der Waals surface area contributed by atoms with E-state index < -0.39 is 21.8 Å². The Morgan fingerprint density at radius 2 is 1.79 bits per heavy atom. The predicted octanol–water partition coefficient (Wildman–Crippen LogP) is 1.38. The lowest BCUT2D eigenvalue weighted by atomic mass is 10.1. The molecule has 10 heteroatoms. The summed E-state index contributed by atoms with van der Waals surface area (Å²) in [5.74, 6) is -1.05. The molecule has 2 rings (SSSR count). The summed E-state index contributed by atoms with van der Waals surface area (Å²) in [6, 6.07) is 13.1. The van der Waals surface area contributed by atoms with Gasteiger partial charge in [-0.2, -0.15) is 0 Å². The number of nitrogens with one attached hydrogen (secondary N) is 3. The fourth-order valence-corrected chi connectivity index (χ4v) is 3.69. The zero-order valence-electron chi connectivity index (χ0n) is 15.1. The molecular weight excluding hydrogens is 450 g/mol. The zero-order chi connectivity index (χ0) is 20.6. The summed E-state index contributed by atoms with van der Waals surface area (Å²) in [5.41, 5.74) is 5.46. The highest BCUT2D eigenvalue weighted by molar-refractivity contribution is 9.10. The fourth-order valence-electron chi connectivity index (χ4n) is 2.23. The standard InChI is InChI=1S/C18H20BrN3O5S/c1-27-10-9-20-28(25,26)14-7-8-16(19)15(12-14)18(24)22-21-17(23)11-13-5-3-2-4-6-13/h2-8,12,20H,9-11H2,1H3,(H,21,23)(H,22,24). The number of carbonyl (C=O) groups excluding carboxylic acids is 2. The predicted molar refractivity (Wildman–Crippen MR) is 107 cm³/mol. The number of sulfonamides is 1. The van der Waals surface area contributed by atoms with Crippen LogP contribution >= 0.6 is 15.9 Å². The van der Waals surface area contributed by atoms with Crippen LogP contribution in [-0.2, 0) is 26.0 Å². The van der Waals surface area contributed by atoms with E-state index >= 15 is 0 Å². The second-order valence-corrected chi connectivity index (χ2v) is 8.32. The lowest BCUT2D eigenvalue weighted by Crippen LogP contribution is -2.42. The molecule has 0 aliphatic carbocycles. The van der Waals surface area contributed by atoms with Crippen molar-refractivity contribution in [2.24, 2.45) is 0 Å². The third-order valence-corrected chi connectivity index (χ3v) is 5.76. The Morgan fingerprint density at radius 1 is 1.07 bits per heavy atom. The van der Waals surface area contributed by atoms with E-state index in [0.717, 1.165) is 5.56 Å². The lowest BCUT2D eigenvalue weighted by molar-refractivity contribution is -0.121. The maximum atomic E-state index is 12.4. The average Bonchev–Trinajstić information content (AvgIpc) is 2.67. The van der Waals surface area contributed by atoms with Gasteiger partial charge in [0.25, 0.3) is 5.91 Å². The fraction of sp³-hybridized carbons (Fsp3) is 0.222. The van der Waals surface area contributed by atoms with Crippen LogP contribution in [0.25, 0.3) is 0 Å². The van der Waals surface area contributed by atoms with E-state index in [1.807, 2.05) is 18.2 Å². The summed E-state index contributed by atoms with van der Waals surface area (Å²) in [7, 11) is -2.33. The van der Waals surface area contributed by atoms with E-state index in [1.165, 1.54) is 25.3 Å². The molecule has 0 aliphatic rings. The molecule has 2 amide bonds. The highest BCUT2D eigenvalue weighted by Gasteiger charge is 2.18. The molecule has 0 saturated heterocycles. The van der Waals surface area contributed by atoms with Crippen LogP contribution < -0.4 is 15.6 Å². The van der Waals surface area contributed by atoms with Crippen LogP contribution in [0.3, 0.4) is 0 Å².